The average Bonchev–Trinajstić information content (AvgIpc) is 2.88. The van der Waals surface area contributed by atoms with E-state index in [-0.39, 0.29) is 39.6 Å². The van der Waals surface area contributed by atoms with Gasteiger partial charge in [0.25, 0.3) is 5.91 Å². The quantitative estimate of drug-likeness (QED) is 0.443. The molecule has 0 aromatic carbocycles. The van der Waals surface area contributed by atoms with Crippen molar-refractivity contribution >= 4 is 52.5 Å². The zero-order valence-corrected chi connectivity index (χ0v) is 21.6. The molecular weight excluding hydrogens is 507 g/mol. The Balaban J connectivity index is 1.41. The molecule has 0 unspecified atom stereocenters. The Kier molecular flexibility index (Phi) is 7.70. The van der Waals surface area contributed by atoms with Crippen molar-refractivity contribution < 1.29 is 14.3 Å². The van der Waals surface area contributed by atoms with E-state index in [2.05, 4.69) is 30.7 Å². The van der Waals surface area contributed by atoms with Crippen LogP contribution in [-0.2, 0) is 4.74 Å². The fraction of sp³-hybridized carbons (Fsp3) is 0.435. The first kappa shape index (κ1) is 25.8. The van der Waals surface area contributed by atoms with Crippen molar-refractivity contribution in [3.8, 4) is 0 Å². The molecule has 11 nitrogen and oxygen atoms in total. The number of esters is 1. The first-order valence-corrected chi connectivity index (χ1v) is 12.3. The van der Waals surface area contributed by atoms with Crippen LogP contribution in [0.5, 0.6) is 0 Å². The topological polar surface area (TPSA) is 144 Å². The number of pyridine rings is 1. The third-order valence-corrected chi connectivity index (χ3v) is 6.99. The Morgan fingerprint density at radius 1 is 1.06 bits per heavy atom. The average molecular weight is 535 g/mol. The van der Waals surface area contributed by atoms with Crippen LogP contribution < -0.4 is 16.4 Å². The predicted molar refractivity (Wildman–Crippen MR) is 138 cm³/mol. The van der Waals surface area contributed by atoms with Gasteiger partial charge in [0.2, 0.25) is 0 Å². The van der Waals surface area contributed by atoms with Gasteiger partial charge in [-0.1, -0.05) is 29.3 Å². The number of nitrogens with two attached hydrogens (primary N) is 2. The van der Waals surface area contributed by atoms with Crippen LogP contribution in [0.25, 0.3) is 0 Å². The van der Waals surface area contributed by atoms with Crippen LogP contribution in [0.15, 0.2) is 23.9 Å². The standard InChI is InChI=1S/C23H28Cl2N8O3/c1-3-13-12-32(21-18(25)29-17(20(27)30-21)23(35)36-2)10-11-33(13)14-6-8-31(9-7-14)22(34)15-4-5-16(24)28-19(15)26/h3-5,14H,6-12H2,1-2H3,(H2,26,28)(H2,27,30)/b13-3+. The maximum absolute atomic E-state index is 12.9. The summed E-state index contributed by atoms with van der Waals surface area (Å²) in [4.78, 5) is 43.4. The number of piperidine rings is 1. The summed E-state index contributed by atoms with van der Waals surface area (Å²) in [5.41, 5.74) is 13.2. The predicted octanol–water partition coefficient (Wildman–Crippen LogP) is 2.46. The summed E-state index contributed by atoms with van der Waals surface area (Å²) >= 11 is 12.2. The van der Waals surface area contributed by atoms with E-state index in [0.717, 1.165) is 25.1 Å². The molecule has 2 aliphatic heterocycles. The number of carbonyl (C=O) groups excluding carboxylic acids is 2. The minimum atomic E-state index is -0.688. The summed E-state index contributed by atoms with van der Waals surface area (Å²) in [6, 6.07) is 3.48. The summed E-state index contributed by atoms with van der Waals surface area (Å²) in [6.07, 6.45) is 3.72. The number of nitrogen functional groups attached to an aromatic ring is 2. The van der Waals surface area contributed by atoms with E-state index in [1.54, 1.807) is 12.1 Å². The molecule has 2 fully saturated rings. The SMILES string of the molecule is C/C=C1\CN(c2nc(N)c(C(=O)OC)nc2Cl)CCN1C1CCN(C(=O)c2ccc(Cl)nc2N)CC1. The monoisotopic (exact) mass is 534 g/mol. The molecule has 2 aliphatic rings. The Hall–Kier alpha value is -3.31. The molecule has 4 N–H and O–H groups in total. The second-order valence-corrected chi connectivity index (χ2v) is 9.29. The lowest BCUT2D eigenvalue weighted by atomic mass is 10.00. The second-order valence-electron chi connectivity index (χ2n) is 8.55. The summed E-state index contributed by atoms with van der Waals surface area (Å²) < 4.78 is 4.68. The Labute approximate surface area is 219 Å². The fourth-order valence-corrected chi connectivity index (χ4v) is 5.04. The lowest BCUT2D eigenvalue weighted by molar-refractivity contribution is 0.0593. The van der Waals surface area contributed by atoms with Gasteiger partial charge in [-0.15, -0.1) is 0 Å². The first-order chi connectivity index (χ1) is 17.2. The first-order valence-electron chi connectivity index (χ1n) is 11.5. The van der Waals surface area contributed by atoms with E-state index in [4.69, 9.17) is 34.7 Å². The number of likely N-dealkylation sites (tertiary alicyclic amines) is 1. The van der Waals surface area contributed by atoms with E-state index >= 15 is 0 Å². The molecule has 0 radical (unpaired) electrons. The molecule has 1 amide bonds. The lowest BCUT2D eigenvalue weighted by Gasteiger charge is -2.45. The van der Waals surface area contributed by atoms with Crippen LogP contribution in [0.2, 0.25) is 10.3 Å². The molecule has 0 bridgehead atoms. The molecule has 2 saturated heterocycles. The summed E-state index contributed by atoms with van der Waals surface area (Å²) in [6.45, 7) is 5.17. The van der Waals surface area contributed by atoms with Gasteiger partial charge in [-0.3, -0.25) is 4.79 Å². The molecule has 0 saturated carbocycles. The van der Waals surface area contributed by atoms with Crippen molar-refractivity contribution in [2.75, 3.05) is 56.2 Å². The molecule has 2 aromatic heterocycles. The highest BCUT2D eigenvalue weighted by Gasteiger charge is 2.33. The van der Waals surface area contributed by atoms with Crippen molar-refractivity contribution in [3.63, 3.8) is 0 Å². The second kappa shape index (κ2) is 10.8. The number of carbonyl (C=O) groups is 2. The van der Waals surface area contributed by atoms with Crippen LogP contribution in [-0.4, -0.2) is 82.5 Å². The minimum Gasteiger partial charge on any atom is -0.464 e. The molecule has 0 spiro atoms. The zero-order valence-electron chi connectivity index (χ0n) is 20.1. The van der Waals surface area contributed by atoms with Gasteiger partial charge in [0.05, 0.1) is 19.2 Å². The molecular formula is C23H28Cl2N8O3. The van der Waals surface area contributed by atoms with Crippen molar-refractivity contribution in [2.45, 2.75) is 25.8 Å². The number of halogens is 2. The Bertz CT molecular complexity index is 1200. The van der Waals surface area contributed by atoms with Crippen LogP contribution in [0, 0.1) is 0 Å². The van der Waals surface area contributed by atoms with Crippen LogP contribution >= 0.6 is 23.2 Å². The molecule has 2 aromatic rings. The molecule has 4 heterocycles. The van der Waals surface area contributed by atoms with E-state index in [9.17, 15) is 9.59 Å². The zero-order chi connectivity index (χ0) is 26.0. The minimum absolute atomic E-state index is 0.0285. The van der Waals surface area contributed by atoms with Crippen molar-refractivity contribution in [1.82, 2.24) is 24.8 Å². The number of methoxy groups -OCH3 is 1. The largest absolute Gasteiger partial charge is 0.464 e. The molecule has 36 heavy (non-hydrogen) atoms. The number of hydrogen-bond donors (Lipinski definition) is 2. The number of nitrogens with zero attached hydrogens (tertiary/aromatic N) is 6. The highest BCUT2D eigenvalue weighted by Crippen LogP contribution is 2.30. The van der Waals surface area contributed by atoms with Crippen molar-refractivity contribution in [2.24, 2.45) is 0 Å². The fourth-order valence-electron chi connectivity index (χ4n) is 4.64. The number of amides is 1. The summed E-state index contributed by atoms with van der Waals surface area (Å²) in [7, 11) is 1.24. The maximum atomic E-state index is 12.9. The van der Waals surface area contributed by atoms with Gasteiger partial charge in [0.15, 0.2) is 22.5 Å². The number of rotatable bonds is 4. The smallest absolute Gasteiger partial charge is 0.360 e. The third-order valence-electron chi connectivity index (χ3n) is 6.52. The van der Waals surface area contributed by atoms with E-state index in [1.807, 2.05) is 16.7 Å². The van der Waals surface area contributed by atoms with Gasteiger partial charge >= 0.3 is 5.97 Å². The normalized spacial score (nSPS) is 18.0. The van der Waals surface area contributed by atoms with Gasteiger partial charge in [-0.05, 0) is 31.9 Å². The van der Waals surface area contributed by atoms with Crippen molar-refractivity contribution in [3.05, 3.63) is 45.5 Å². The Morgan fingerprint density at radius 2 is 1.78 bits per heavy atom. The molecule has 13 heteroatoms. The molecule has 0 aliphatic carbocycles. The number of aromatic nitrogens is 3. The summed E-state index contributed by atoms with van der Waals surface area (Å²) in [5.74, 6) is -0.279. The number of piperazine rings is 1. The van der Waals surface area contributed by atoms with E-state index in [1.165, 1.54) is 7.11 Å². The van der Waals surface area contributed by atoms with Gasteiger partial charge in [-0.2, -0.15) is 0 Å². The highest BCUT2D eigenvalue weighted by atomic mass is 35.5. The van der Waals surface area contributed by atoms with Crippen molar-refractivity contribution in [1.29, 1.82) is 0 Å². The van der Waals surface area contributed by atoms with E-state index < -0.39 is 5.97 Å². The van der Waals surface area contributed by atoms with Gasteiger partial charge in [0, 0.05) is 37.9 Å². The van der Waals surface area contributed by atoms with Gasteiger partial charge in [-0.25, -0.2) is 19.7 Å². The number of ether oxygens (including phenoxy) is 1. The molecule has 192 valence electrons. The Morgan fingerprint density at radius 3 is 2.42 bits per heavy atom. The highest BCUT2D eigenvalue weighted by molar-refractivity contribution is 6.32. The van der Waals surface area contributed by atoms with Crippen LogP contribution in [0.4, 0.5) is 17.5 Å². The third kappa shape index (κ3) is 5.12. The van der Waals surface area contributed by atoms with E-state index in [0.29, 0.717) is 37.6 Å². The summed E-state index contributed by atoms with van der Waals surface area (Å²) in [5, 5.41) is 0.353. The molecule has 4 rings (SSSR count). The van der Waals surface area contributed by atoms with Crippen LogP contribution in [0.3, 0.4) is 0 Å². The lowest BCUT2D eigenvalue weighted by Crippen LogP contribution is -2.53. The molecule has 0 atom stereocenters. The van der Waals surface area contributed by atoms with Gasteiger partial charge in [0.1, 0.15) is 11.0 Å². The maximum Gasteiger partial charge on any atom is 0.360 e. The van der Waals surface area contributed by atoms with Crippen LogP contribution in [0.1, 0.15) is 40.6 Å². The number of anilines is 3. The van der Waals surface area contributed by atoms with Gasteiger partial charge < -0.3 is 30.9 Å². The number of hydrogen-bond acceptors (Lipinski definition) is 10. The number of allylic oxidation sites excluding steroid dienone is 1.